The van der Waals surface area contributed by atoms with Crippen LogP contribution in [0.2, 0.25) is 0 Å². The maximum absolute atomic E-state index is 12.2. The van der Waals surface area contributed by atoms with Crippen LogP contribution in [-0.4, -0.2) is 43.0 Å². The van der Waals surface area contributed by atoms with Gasteiger partial charge in [0.1, 0.15) is 4.32 Å². The van der Waals surface area contributed by atoms with E-state index in [9.17, 15) is 4.79 Å². The molecule has 0 bridgehead atoms. The van der Waals surface area contributed by atoms with Gasteiger partial charge < -0.3 is 14.2 Å². The SMILES string of the molecule is CCN1C(=O)C(=Cc2cc(OC)c(OC)c(OC)c2)SC1=S. The first-order chi connectivity index (χ1) is 10.5. The van der Waals surface area contributed by atoms with E-state index in [0.717, 1.165) is 5.56 Å². The molecule has 2 rings (SSSR count). The van der Waals surface area contributed by atoms with E-state index in [4.69, 9.17) is 26.4 Å². The molecule has 0 unspecified atom stereocenters. The highest BCUT2D eigenvalue weighted by Crippen LogP contribution is 2.40. The van der Waals surface area contributed by atoms with Crippen LogP contribution in [0.4, 0.5) is 0 Å². The highest BCUT2D eigenvalue weighted by molar-refractivity contribution is 8.26. The van der Waals surface area contributed by atoms with Crippen LogP contribution < -0.4 is 14.2 Å². The van der Waals surface area contributed by atoms with Gasteiger partial charge in [-0.05, 0) is 30.7 Å². The Bertz CT molecular complexity index is 617. The Balaban J connectivity index is 2.44. The fourth-order valence-corrected chi connectivity index (χ4v) is 3.49. The molecule has 1 saturated heterocycles. The van der Waals surface area contributed by atoms with E-state index in [0.29, 0.717) is 33.0 Å². The summed E-state index contributed by atoms with van der Waals surface area (Å²) in [6.07, 6.45) is 1.78. The summed E-state index contributed by atoms with van der Waals surface area (Å²) in [6, 6.07) is 3.58. The molecule has 1 fully saturated rings. The molecule has 0 aromatic heterocycles. The fourth-order valence-electron chi connectivity index (χ4n) is 2.11. The smallest absolute Gasteiger partial charge is 0.266 e. The third-order valence-electron chi connectivity index (χ3n) is 3.17. The molecule has 7 heteroatoms. The summed E-state index contributed by atoms with van der Waals surface area (Å²) >= 11 is 6.50. The van der Waals surface area contributed by atoms with E-state index < -0.39 is 0 Å². The van der Waals surface area contributed by atoms with Crippen LogP contribution in [0.3, 0.4) is 0 Å². The van der Waals surface area contributed by atoms with Crippen molar-refractivity contribution in [2.75, 3.05) is 27.9 Å². The first-order valence-electron chi connectivity index (χ1n) is 6.61. The molecule has 0 saturated carbocycles. The number of carbonyl (C=O) groups excluding carboxylic acids is 1. The Hall–Kier alpha value is -1.73. The van der Waals surface area contributed by atoms with Gasteiger partial charge in [-0.3, -0.25) is 9.69 Å². The fraction of sp³-hybridized carbons (Fsp3) is 0.333. The minimum absolute atomic E-state index is 0.0775. The number of likely N-dealkylation sites (N-methyl/N-ethyl adjacent to an activating group) is 1. The molecule has 0 spiro atoms. The topological polar surface area (TPSA) is 48.0 Å². The number of rotatable bonds is 5. The van der Waals surface area contributed by atoms with Crippen LogP contribution in [-0.2, 0) is 4.79 Å². The second-order valence-corrected chi connectivity index (χ2v) is 6.06. The van der Waals surface area contributed by atoms with Crippen molar-refractivity contribution in [3.8, 4) is 17.2 Å². The molecule has 1 aromatic rings. The van der Waals surface area contributed by atoms with Crippen molar-refractivity contribution < 1.29 is 19.0 Å². The number of amides is 1. The number of thioether (sulfide) groups is 1. The van der Waals surface area contributed by atoms with E-state index in [1.165, 1.54) is 11.8 Å². The minimum atomic E-state index is -0.0775. The number of methoxy groups -OCH3 is 3. The van der Waals surface area contributed by atoms with Crippen LogP contribution in [0.25, 0.3) is 6.08 Å². The summed E-state index contributed by atoms with van der Waals surface area (Å²) in [5.41, 5.74) is 0.783. The van der Waals surface area contributed by atoms with Gasteiger partial charge in [0.15, 0.2) is 11.5 Å². The molecule has 0 atom stereocenters. The summed E-state index contributed by atoms with van der Waals surface area (Å²) in [6.45, 7) is 2.46. The zero-order valence-corrected chi connectivity index (χ0v) is 14.5. The number of carbonyl (C=O) groups is 1. The van der Waals surface area contributed by atoms with Crippen molar-refractivity contribution in [2.45, 2.75) is 6.92 Å². The minimum Gasteiger partial charge on any atom is -0.493 e. The zero-order valence-electron chi connectivity index (χ0n) is 12.8. The molecule has 0 N–H and O–H groups in total. The molecule has 0 radical (unpaired) electrons. The number of hydrogen-bond acceptors (Lipinski definition) is 6. The van der Waals surface area contributed by atoms with Crippen molar-refractivity contribution >= 4 is 40.3 Å². The monoisotopic (exact) mass is 339 g/mol. The lowest BCUT2D eigenvalue weighted by molar-refractivity contribution is -0.121. The van der Waals surface area contributed by atoms with Crippen LogP contribution >= 0.6 is 24.0 Å². The number of benzene rings is 1. The highest BCUT2D eigenvalue weighted by atomic mass is 32.2. The molecule has 1 aliphatic heterocycles. The van der Waals surface area contributed by atoms with Crippen LogP contribution in [0.5, 0.6) is 17.2 Å². The summed E-state index contributed by atoms with van der Waals surface area (Å²) < 4.78 is 16.5. The lowest BCUT2D eigenvalue weighted by atomic mass is 10.1. The van der Waals surface area contributed by atoms with E-state index in [1.807, 2.05) is 6.92 Å². The second-order valence-electron chi connectivity index (χ2n) is 4.38. The molecule has 5 nitrogen and oxygen atoms in total. The van der Waals surface area contributed by atoms with Crippen LogP contribution in [0, 0.1) is 0 Å². The Morgan fingerprint density at radius 2 is 1.77 bits per heavy atom. The van der Waals surface area contributed by atoms with Gasteiger partial charge in [0, 0.05) is 6.54 Å². The highest BCUT2D eigenvalue weighted by Gasteiger charge is 2.30. The van der Waals surface area contributed by atoms with Crippen LogP contribution in [0.15, 0.2) is 17.0 Å². The summed E-state index contributed by atoms with van der Waals surface area (Å²) in [5, 5.41) is 0. The van der Waals surface area contributed by atoms with Gasteiger partial charge >= 0.3 is 0 Å². The lowest BCUT2D eigenvalue weighted by Gasteiger charge is -2.13. The van der Waals surface area contributed by atoms with E-state index >= 15 is 0 Å². The quantitative estimate of drug-likeness (QED) is 0.607. The number of hydrogen-bond donors (Lipinski definition) is 0. The van der Waals surface area contributed by atoms with Crippen LogP contribution in [0.1, 0.15) is 12.5 Å². The zero-order chi connectivity index (χ0) is 16.3. The predicted octanol–water partition coefficient (Wildman–Crippen LogP) is 2.93. The number of nitrogens with zero attached hydrogens (tertiary/aromatic N) is 1. The predicted molar refractivity (Wildman–Crippen MR) is 91.7 cm³/mol. The molecule has 1 amide bonds. The van der Waals surface area contributed by atoms with Crippen molar-refractivity contribution in [3.05, 3.63) is 22.6 Å². The van der Waals surface area contributed by atoms with Gasteiger partial charge in [0.05, 0.1) is 26.2 Å². The molecule has 1 heterocycles. The van der Waals surface area contributed by atoms with Crippen molar-refractivity contribution in [3.63, 3.8) is 0 Å². The van der Waals surface area contributed by atoms with Gasteiger partial charge in [0.2, 0.25) is 5.75 Å². The first kappa shape index (κ1) is 16.6. The summed E-state index contributed by atoms with van der Waals surface area (Å²) in [7, 11) is 4.65. The summed E-state index contributed by atoms with van der Waals surface area (Å²) in [5.74, 6) is 1.52. The Morgan fingerprint density at radius 3 is 2.18 bits per heavy atom. The van der Waals surface area contributed by atoms with E-state index in [1.54, 1.807) is 44.4 Å². The Kier molecular flexibility index (Phi) is 5.31. The second kappa shape index (κ2) is 7.02. The lowest BCUT2D eigenvalue weighted by Crippen LogP contribution is -2.27. The largest absolute Gasteiger partial charge is 0.493 e. The molecule has 22 heavy (non-hydrogen) atoms. The van der Waals surface area contributed by atoms with Crippen molar-refractivity contribution in [1.82, 2.24) is 4.90 Å². The van der Waals surface area contributed by atoms with Gasteiger partial charge in [-0.15, -0.1) is 0 Å². The molecule has 118 valence electrons. The van der Waals surface area contributed by atoms with Gasteiger partial charge in [-0.1, -0.05) is 24.0 Å². The number of thiocarbonyl (C=S) groups is 1. The molecule has 0 aliphatic carbocycles. The van der Waals surface area contributed by atoms with E-state index in [2.05, 4.69) is 0 Å². The average molecular weight is 339 g/mol. The van der Waals surface area contributed by atoms with Gasteiger partial charge in [0.25, 0.3) is 5.91 Å². The molecular weight excluding hydrogens is 322 g/mol. The first-order valence-corrected chi connectivity index (χ1v) is 7.83. The number of ether oxygens (including phenoxy) is 3. The standard InChI is InChI=1S/C15H17NO4S2/c1-5-16-14(17)12(22-15(16)21)8-9-6-10(18-2)13(20-4)11(7-9)19-3/h6-8H,5H2,1-4H3. The Morgan fingerprint density at radius 1 is 1.18 bits per heavy atom. The van der Waals surface area contributed by atoms with E-state index in [-0.39, 0.29) is 5.91 Å². The average Bonchev–Trinajstić information content (AvgIpc) is 2.79. The van der Waals surface area contributed by atoms with Crippen molar-refractivity contribution in [1.29, 1.82) is 0 Å². The summed E-state index contributed by atoms with van der Waals surface area (Å²) in [4.78, 5) is 14.4. The molecular formula is C15H17NO4S2. The third-order valence-corrected chi connectivity index (χ3v) is 4.55. The maximum atomic E-state index is 12.2. The van der Waals surface area contributed by atoms with Gasteiger partial charge in [-0.25, -0.2) is 0 Å². The van der Waals surface area contributed by atoms with Crippen molar-refractivity contribution in [2.24, 2.45) is 0 Å². The Labute approximate surface area is 139 Å². The third kappa shape index (κ3) is 3.05. The molecule has 1 aliphatic rings. The maximum Gasteiger partial charge on any atom is 0.266 e. The normalized spacial score (nSPS) is 16.4. The van der Waals surface area contributed by atoms with Gasteiger partial charge in [-0.2, -0.15) is 0 Å². The molecule has 1 aromatic carbocycles.